The lowest BCUT2D eigenvalue weighted by atomic mass is 10.1. The Hall–Kier alpha value is -2.06. The highest BCUT2D eigenvalue weighted by atomic mass is 35.5. The van der Waals surface area contributed by atoms with Gasteiger partial charge in [0.25, 0.3) is 0 Å². The zero-order valence-electron chi connectivity index (χ0n) is 19.6. The fourth-order valence-electron chi connectivity index (χ4n) is 3.96. The summed E-state index contributed by atoms with van der Waals surface area (Å²) >= 11 is 6.10. The summed E-state index contributed by atoms with van der Waals surface area (Å²) < 4.78 is 62.3. The van der Waals surface area contributed by atoms with Crippen LogP contribution in [-0.2, 0) is 24.8 Å². The summed E-state index contributed by atoms with van der Waals surface area (Å²) in [7, 11) is -9.62. The van der Waals surface area contributed by atoms with Crippen molar-refractivity contribution in [1.29, 1.82) is 0 Å². The van der Waals surface area contributed by atoms with Crippen molar-refractivity contribution in [2.45, 2.75) is 44.0 Å². The maximum absolute atomic E-state index is 15.0. The molecule has 3 aromatic rings. The van der Waals surface area contributed by atoms with Gasteiger partial charge in [-0.15, -0.1) is 0 Å². The number of hydrogen-bond donors (Lipinski definition) is 5. The fourth-order valence-corrected chi connectivity index (χ4v) is 6.69. The maximum Gasteiger partial charge on any atom is 0.340 e. The number of benzene rings is 1. The van der Waals surface area contributed by atoms with Crippen molar-refractivity contribution in [2.24, 2.45) is 0 Å². The van der Waals surface area contributed by atoms with E-state index in [1.54, 1.807) is 12.1 Å². The van der Waals surface area contributed by atoms with E-state index in [-0.39, 0.29) is 28.6 Å². The number of halogens is 3. The standard InChI is InChI=1S/C20H24ClF2N5O8P2/c1-10(6-11-2-4-12(22)5-3-11)25-17-13-7-24-28(18(13)27-20(21)26-17)19-15(23)16(29)14(36-19)8-35-38(33,34)9-37(30,31)32/h2-5,7,10,14-16,19,29H,6,8-9H2,1H3,(H,33,34)(H,25,26,27)(H2,30,31,32)/t10-,14-,15+,16-,19-/m1/s1. The molecule has 1 aliphatic rings. The topological polar surface area (TPSA) is 189 Å². The van der Waals surface area contributed by atoms with Crippen LogP contribution in [0.3, 0.4) is 0 Å². The molecular formula is C20H24ClF2N5O8P2. The van der Waals surface area contributed by atoms with Crippen molar-refractivity contribution in [3.8, 4) is 0 Å². The zero-order chi connectivity index (χ0) is 27.8. The van der Waals surface area contributed by atoms with Gasteiger partial charge in [-0.05, 0) is 42.6 Å². The van der Waals surface area contributed by atoms with Crippen molar-refractivity contribution in [3.05, 3.63) is 47.1 Å². The number of rotatable bonds is 10. The molecule has 6 atom stereocenters. The highest BCUT2D eigenvalue weighted by Crippen LogP contribution is 2.55. The Morgan fingerprint density at radius 2 is 1.92 bits per heavy atom. The van der Waals surface area contributed by atoms with Crippen molar-refractivity contribution in [1.82, 2.24) is 19.7 Å². The molecular weight excluding hydrogens is 574 g/mol. The third-order valence-corrected chi connectivity index (χ3v) is 9.23. The molecule has 0 bridgehead atoms. The molecule has 1 aliphatic heterocycles. The van der Waals surface area contributed by atoms with E-state index in [0.717, 1.165) is 10.2 Å². The largest absolute Gasteiger partial charge is 0.387 e. The Kier molecular flexibility index (Phi) is 8.53. The second-order valence-electron chi connectivity index (χ2n) is 8.78. The van der Waals surface area contributed by atoms with Crippen LogP contribution in [0.2, 0.25) is 5.28 Å². The molecule has 2 aromatic heterocycles. The number of aliphatic hydroxyl groups is 1. The van der Waals surface area contributed by atoms with Gasteiger partial charge in [-0.25, -0.2) is 13.5 Å². The number of nitrogens with one attached hydrogen (secondary N) is 1. The van der Waals surface area contributed by atoms with Gasteiger partial charge in [-0.3, -0.25) is 9.13 Å². The van der Waals surface area contributed by atoms with E-state index >= 15 is 4.39 Å². The first-order valence-electron chi connectivity index (χ1n) is 11.1. The van der Waals surface area contributed by atoms with Gasteiger partial charge in [0.15, 0.2) is 23.9 Å². The Bertz CT molecular complexity index is 1390. The molecule has 38 heavy (non-hydrogen) atoms. The van der Waals surface area contributed by atoms with Crippen molar-refractivity contribution >= 4 is 43.6 Å². The number of anilines is 1. The van der Waals surface area contributed by atoms with Crippen LogP contribution in [0.25, 0.3) is 11.0 Å². The number of ether oxygens (including phenoxy) is 1. The molecule has 18 heteroatoms. The SMILES string of the molecule is C[C@H](Cc1ccc(F)cc1)Nc1nc(Cl)nc2c1cnn2[C@@H]1O[C@H](COP(=O)(O)CP(=O)(O)O)[C@@H](O)[C@@H]1F. The molecule has 0 radical (unpaired) electrons. The minimum atomic E-state index is -4.87. The van der Waals surface area contributed by atoms with Crippen LogP contribution in [0.15, 0.2) is 30.5 Å². The summed E-state index contributed by atoms with van der Waals surface area (Å²) in [6.45, 7) is 1.04. The maximum atomic E-state index is 15.0. The van der Waals surface area contributed by atoms with Gasteiger partial charge < -0.3 is 34.4 Å². The number of fused-ring (bicyclic) bond motifs is 1. The average molecular weight is 598 g/mol. The molecule has 1 saturated heterocycles. The van der Waals surface area contributed by atoms with Crippen LogP contribution in [0.4, 0.5) is 14.6 Å². The number of aliphatic hydroxyl groups excluding tert-OH is 1. The first-order valence-corrected chi connectivity index (χ1v) is 15.1. The van der Waals surface area contributed by atoms with Gasteiger partial charge in [0.2, 0.25) is 5.28 Å². The fraction of sp³-hybridized carbons (Fsp3) is 0.450. The van der Waals surface area contributed by atoms with E-state index in [0.29, 0.717) is 11.8 Å². The number of nitrogens with zero attached hydrogens (tertiary/aromatic N) is 4. The van der Waals surface area contributed by atoms with Crippen LogP contribution in [-0.4, -0.2) is 76.5 Å². The van der Waals surface area contributed by atoms with Gasteiger partial charge >= 0.3 is 15.2 Å². The third kappa shape index (κ3) is 6.92. The molecule has 0 aliphatic carbocycles. The Morgan fingerprint density at radius 1 is 1.24 bits per heavy atom. The van der Waals surface area contributed by atoms with Gasteiger partial charge in [0.05, 0.1) is 18.2 Å². The number of hydrogen-bond acceptors (Lipinski definition) is 9. The van der Waals surface area contributed by atoms with Crippen molar-refractivity contribution < 1.29 is 47.0 Å². The molecule has 0 spiro atoms. The molecule has 1 unspecified atom stereocenters. The van der Waals surface area contributed by atoms with E-state index in [4.69, 9.17) is 26.1 Å². The van der Waals surface area contributed by atoms with Gasteiger partial charge in [0, 0.05) is 6.04 Å². The minimum absolute atomic E-state index is 0.0669. The minimum Gasteiger partial charge on any atom is -0.387 e. The molecule has 0 amide bonds. The average Bonchev–Trinajstić information content (AvgIpc) is 3.33. The Morgan fingerprint density at radius 3 is 2.58 bits per heavy atom. The second-order valence-corrected chi connectivity index (χ2v) is 13.1. The van der Waals surface area contributed by atoms with E-state index in [2.05, 4.69) is 24.9 Å². The molecule has 208 valence electrons. The second kappa shape index (κ2) is 11.2. The normalized spacial score (nSPS) is 24.4. The summed E-state index contributed by atoms with van der Waals surface area (Å²) in [6, 6.07) is 5.82. The number of alkyl halides is 1. The smallest absolute Gasteiger partial charge is 0.340 e. The van der Waals surface area contributed by atoms with Crippen LogP contribution in [0.1, 0.15) is 18.7 Å². The van der Waals surface area contributed by atoms with Crippen LogP contribution >= 0.6 is 26.8 Å². The van der Waals surface area contributed by atoms with E-state index in [9.17, 15) is 23.5 Å². The summed E-state index contributed by atoms with van der Waals surface area (Å²) in [6.07, 6.45) is -5.04. The molecule has 5 N–H and O–H groups in total. The number of aromatic nitrogens is 4. The molecule has 1 aromatic carbocycles. The van der Waals surface area contributed by atoms with E-state index < -0.39 is 52.3 Å². The quantitative estimate of drug-likeness (QED) is 0.170. The summed E-state index contributed by atoms with van der Waals surface area (Å²) in [5.74, 6) is -1.51. The van der Waals surface area contributed by atoms with Crippen LogP contribution in [0, 0.1) is 5.82 Å². The predicted octanol–water partition coefficient (Wildman–Crippen LogP) is 2.60. The van der Waals surface area contributed by atoms with Gasteiger partial charge in [-0.2, -0.15) is 15.1 Å². The van der Waals surface area contributed by atoms with Crippen molar-refractivity contribution in [3.63, 3.8) is 0 Å². The highest BCUT2D eigenvalue weighted by molar-refractivity contribution is 7.70. The molecule has 3 heterocycles. The molecule has 1 fully saturated rings. The molecule has 4 rings (SSSR count). The lowest BCUT2D eigenvalue weighted by molar-refractivity contribution is -0.0472. The van der Waals surface area contributed by atoms with Gasteiger partial charge in [-0.1, -0.05) is 12.1 Å². The summed E-state index contributed by atoms with van der Waals surface area (Å²) in [5, 5.41) is 17.7. The zero-order valence-corrected chi connectivity index (χ0v) is 22.2. The highest BCUT2D eigenvalue weighted by Gasteiger charge is 2.47. The third-order valence-electron chi connectivity index (χ3n) is 5.60. The van der Waals surface area contributed by atoms with Crippen LogP contribution in [0.5, 0.6) is 0 Å². The van der Waals surface area contributed by atoms with Crippen LogP contribution < -0.4 is 5.32 Å². The Labute approximate surface area is 219 Å². The molecule has 0 saturated carbocycles. The summed E-state index contributed by atoms with van der Waals surface area (Å²) in [4.78, 5) is 35.7. The first-order chi connectivity index (χ1) is 17.7. The summed E-state index contributed by atoms with van der Waals surface area (Å²) in [5.41, 5.74) is 0.936. The van der Waals surface area contributed by atoms with Crippen molar-refractivity contribution in [2.75, 3.05) is 17.8 Å². The lowest BCUT2D eigenvalue weighted by Gasteiger charge is -2.18. The first kappa shape index (κ1) is 28.9. The monoisotopic (exact) mass is 597 g/mol. The van der Waals surface area contributed by atoms with E-state index in [1.807, 2.05) is 6.92 Å². The lowest BCUT2D eigenvalue weighted by Crippen LogP contribution is -2.31. The van der Waals surface area contributed by atoms with E-state index in [1.165, 1.54) is 18.3 Å². The van der Waals surface area contributed by atoms with Gasteiger partial charge in [0.1, 0.15) is 23.8 Å². The predicted molar refractivity (Wildman–Crippen MR) is 131 cm³/mol. The Balaban J connectivity index is 1.51. The molecule has 13 nitrogen and oxygen atoms in total.